The van der Waals surface area contributed by atoms with Crippen LogP contribution in [0.2, 0.25) is 0 Å². The SMILES string of the molecule is Cc1ccc(-c2ccccc2C=NNC(N)=S)cc1C. The molecule has 2 aromatic carbocycles. The summed E-state index contributed by atoms with van der Waals surface area (Å²) >= 11 is 4.72. The van der Waals surface area contributed by atoms with Crippen molar-refractivity contribution < 1.29 is 0 Å². The maximum Gasteiger partial charge on any atom is 0.184 e. The van der Waals surface area contributed by atoms with Gasteiger partial charge in [0.15, 0.2) is 5.11 Å². The molecule has 0 saturated heterocycles. The number of benzene rings is 2. The number of aryl methyl sites for hydroxylation is 2. The Bertz CT molecular complexity index is 663. The van der Waals surface area contributed by atoms with Crippen molar-refractivity contribution in [2.24, 2.45) is 10.8 Å². The van der Waals surface area contributed by atoms with Gasteiger partial charge in [-0.25, -0.2) is 0 Å². The van der Waals surface area contributed by atoms with E-state index in [9.17, 15) is 0 Å². The number of nitrogens with two attached hydrogens (primary N) is 1. The second-order valence-electron chi connectivity index (χ2n) is 4.62. The molecule has 0 radical (unpaired) electrons. The zero-order chi connectivity index (χ0) is 14.5. The van der Waals surface area contributed by atoms with Crippen LogP contribution in [0.5, 0.6) is 0 Å². The van der Waals surface area contributed by atoms with Gasteiger partial charge in [-0.05, 0) is 48.3 Å². The molecule has 20 heavy (non-hydrogen) atoms. The van der Waals surface area contributed by atoms with E-state index in [-0.39, 0.29) is 5.11 Å². The van der Waals surface area contributed by atoms with Gasteiger partial charge in [0.25, 0.3) is 0 Å². The van der Waals surface area contributed by atoms with Gasteiger partial charge in [-0.15, -0.1) is 0 Å². The first-order valence-corrected chi connectivity index (χ1v) is 6.74. The molecule has 0 aliphatic rings. The number of hydrogen-bond acceptors (Lipinski definition) is 2. The topological polar surface area (TPSA) is 50.4 Å². The summed E-state index contributed by atoms with van der Waals surface area (Å²) in [6.07, 6.45) is 1.73. The second kappa shape index (κ2) is 6.30. The average Bonchev–Trinajstić information content (AvgIpc) is 2.42. The van der Waals surface area contributed by atoms with Gasteiger partial charge in [-0.2, -0.15) is 5.10 Å². The Morgan fingerprint density at radius 3 is 2.60 bits per heavy atom. The standard InChI is InChI=1S/C16H17N3S/c1-11-7-8-13(9-12(11)2)15-6-4-3-5-14(15)10-18-19-16(17)20/h3-10H,1-2H3,(H3,17,19,20). The maximum atomic E-state index is 5.35. The van der Waals surface area contributed by atoms with E-state index >= 15 is 0 Å². The molecule has 2 rings (SSSR count). The summed E-state index contributed by atoms with van der Waals surface area (Å²) in [6, 6.07) is 14.5. The first-order chi connectivity index (χ1) is 9.58. The van der Waals surface area contributed by atoms with Crippen molar-refractivity contribution in [2.75, 3.05) is 0 Å². The highest BCUT2D eigenvalue weighted by Crippen LogP contribution is 2.24. The number of rotatable bonds is 3. The van der Waals surface area contributed by atoms with Crippen LogP contribution in [0.25, 0.3) is 11.1 Å². The molecule has 0 unspecified atom stereocenters. The summed E-state index contributed by atoms with van der Waals surface area (Å²) in [7, 11) is 0. The largest absolute Gasteiger partial charge is 0.375 e. The van der Waals surface area contributed by atoms with Crippen LogP contribution in [0.4, 0.5) is 0 Å². The lowest BCUT2D eigenvalue weighted by atomic mass is 9.97. The van der Waals surface area contributed by atoms with Crippen LogP contribution >= 0.6 is 12.2 Å². The lowest BCUT2D eigenvalue weighted by Crippen LogP contribution is -2.24. The molecule has 4 heteroatoms. The molecule has 0 aromatic heterocycles. The molecule has 0 aliphatic carbocycles. The maximum absolute atomic E-state index is 5.35. The van der Waals surface area contributed by atoms with E-state index in [2.05, 4.69) is 48.6 Å². The van der Waals surface area contributed by atoms with Crippen LogP contribution in [0, 0.1) is 13.8 Å². The highest BCUT2D eigenvalue weighted by molar-refractivity contribution is 7.80. The molecule has 0 spiro atoms. The van der Waals surface area contributed by atoms with Gasteiger partial charge in [0, 0.05) is 5.56 Å². The number of hydrogen-bond donors (Lipinski definition) is 2. The van der Waals surface area contributed by atoms with Crippen molar-refractivity contribution in [3.05, 3.63) is 59.2 Å². The summed E-state index contributed by atoms with van der Waals surface area (Å²) < 4.78 is 0. The number of nitrogens with one attached hydrogen (secondary N) is 1. The average molecular weight is 283 g/mol. The summed E-state index contributed by atoms with van der Waals surface area (Å²) in [4.78, 5) is 0. The molecule has 3 N–H and O–H groups in total. The Hall–Kier alpha value is -2.20. The normalized spacial score (nSPS) is 10.7. The molecule has 102 valence electrons. The van der Waals surface area contributed by atoms with E-state index in [4.69, 9.17) is 18.0 Å². The van der Waals surface area contributed by atoms with Gasteiger partial charge in [0.2, 0.25) is 0 Å². The van der Waals surface area contributed by atoms with Crippen molar-refractivity contribution in [1.29, 1.82) is 0 Å². The van der Waals surface area contributed by atoms with Crippen molar-refractivity contribution in [3.8, 4) is 11.1 Å². The van der Waals surface area contributed by atoms with Crippen LogP contribution in [0.1, 0.15) is 16.7 Å². The smallest absolute Gasteiger partial charge is 0.184 e. The summed E-state index contributed by atoms with van der Waals surface area (Å²) in [5.41, 5.74) is 13.8. The zero-order valence-corrected chi connectivity index (χ0v) is 12.4. The Balaban J connectivity index is 2.38. The monoisotopic (exact) mass is 283 g/mol. The van der Waals surface area contributed by atoms with Crippen LogP contribution in [-0.2, 0) is 0 Å². The fourth-order valence-electron chi connectivity index (χ4n) is 1.95. The molecule has 0 heterocycles. The highest BCUT2D eigenvalue weighted by Gasteiger charge is 2.04. The van der Waals surface area contributed by atoms with E-state index in [1.807, 2.05) is 18.2 Å². The van der Waals surface area contributed by atoms with Gasteiger partial charge < -0.3 is 5.73 Å². The molecular formula is C16H17N3S. The molecular weight excluding hydrogens is 266 g/mol. The Morgan fingerprint density at radius 2 is 1.90 bits per heavy atom. The van der Waals surface area contributed by atoms with E-state index in [1.165, 1.54) is 16.7 Å². The molecule has 0 bridgehead atoms. The van der Waals surface area contributed by atoms with E-state index < -0.39 is 0 Å². The Morgan fingerprint density at radius 1 is 1.15 bits per heavy atom. The predicted molar refractivity (Wildman–Crippen MR) is 88.9 cm³/mol. The number of thiocarbonyl (C=S) groups is 1. The minimum atomic E-state index is 0.157. The molecule has 0 saturated carbocycles. The minimum absolute atomic E-state index is 0.157. The minimum Gasteiger partial charge on any atom is -0.375 e. The first-order valence-electron chi connectivity index (χ1n) is 6.33. The molecule has 3 nitrogen and oxygen atoms in total. The molecule has 0 fully saturated rings. The summed E-state index contributed by atoms with van der Waals surface area (Å²) in [5.74, 6) is 0. The molecule has 2 aromatic rings. The van der Waals surface area contributed by atoms with Crippen molar-refractivity contribution >= 4 is 23.5 Å². The van der Waals surface area contributed by atoms with Gasteiger partial charge in [0.1, 0.15) is 0 Å². The first kappa shape index (κ1) is 14.2. The number of hydrazone groups is 1. The van der Waals surface area contributed by atoms with Crippen LogP contribution in [0.15, 0.2) is 47.6 Å². The Kier molecular flexibility index (Phi) is 4.48. The van der Waals surface area contributed by atoms with Crippen molar-refractivity contribution in [3.63, 3.8) is 0 Å². The zero-order valence-electron chi connectivity index (χ0n) is 11.6. The molecule has 0 amide bonds. The second-order valence-corrected chi connectivity index (χ2v) is 5.06. The quantitative estimate of drug-likeness (QED) is 0.517. The lowest BCUT2D eigenvalue weighted by molar-refractivity contribution is 1.04. The third kappa shape index (κ3) is 3.42. The third-order valence-electron chi connectivity index (χ3n) is 3.16. The lowest BCUT2D eigenvalue weighted by Gasteiger charge is -2.08. The van der Waals surface area contributed by atoms with Gasteiger partial charge >= 0.3 is 0 Å². The van der Waals surface area contributed by atoms with Crippen LogP contribution in [-0.4, -0.2) is 11.3 Å². The summed E-state index contributed by atoms with van der Waals surface area (Å²) in [6.45, 7) is 4.22. The van der Waals surface area contributed by atoms with Gasteiger partial charge in [-0.3, -0.25) is 5.43 Å². The highest BCUT2D eigenvalue weighted by atomic mass is 32.1. The van der Waals surface area contributed by atoms with E-state index in [1.54, 1.807) is 6.21 Å². The molecule has 0 aliphatic heterocycles. The third-order valence-corrected chi connectivity index (χ3v) is 3.25. The molecule has 0 atom stereocenters. The number of nitrogens with zero attached hydrogens (tertiary/aromatic N) is 1. The Labute approximate surface area is 124 Å². The van der Waals surface area contributed by atoms with Gasteiger partial charge in [-0.1, -0.05) is 42.5 Å². The summed E-state index contributed by atoms with van der Waals surface area (Å²) in [5, 5.41) is 4.18. The van der Waals surface area contributed by atoms with Crippen molar-refractivity contribution in [2.45, 2.75) is 13.8 Å². The van der Waals surface area contributed by atoms with Crippen LogP contribution < -0.4 is 11.2 Å². The fraction of sp³-hybridized carbons (Fsp3) is 0.125. The predicted octanol–water partition coefficient (Wildman–Crippen LogP) is 3.14. The van der Waals surface area contributed by atoms with E-state index in [0.717, 1.165) is 11.1 Å². The van der Waals surface area contributed by atoms with Crippen LogP contribution in [0.3, 0.4) is 0 Å². The fourth-order valence-corrected chi connectivity index (χ4v) is 2.00. The van der Waals surface area contributed by atoms with E-state index in [0.29, 0.717) is 0 Å². The van der Waals surface area contributed by atoms with Crippen molar-refractivity contribution in [1.82, 2.24) is 5.43 Å². The van der Waals surface area contributed by atoms with Gasteiger partial charge in [0.05, 0.1) is 6.21 Å².